The van der Waals surface area contributed by atoms with Crippen molar-refractivity contribution in [3.8, 4) is 0 Å². The molecule has 0 aliphatic rings. The summed E-state index contributed by atoms with van der Waals surface area (Å²) in [5.74, 6) is -0.0550. The van der Waals surface area contributed by atoms with Gasteiger partial charge in [0.2, 0.25) is 5.91 Å². The topological polar surface area (TPSA) is 80.9 Å². The number of primary amides is 1. The van der Waals surface area contributed by atoms with Gasteiger partial charge >= 0.3 is 0 Å². The lowest BCUT2D eigenvalue weighted by molar-refractivity contribution is -0.121. The molecule has 14 heavy (non-hydrogen) atoms. The lowest BCUT2D eigenvalue weighted by Crippen LogP contribution is -2.45. The Bertz CT molecular complexity index is 353. The molecule has 1 rings (SSSR count). The smallest absolute Gasteiger partial charge is 0.242 e. The Balaban J connectivity index is 2.83. The van der Waals surface area contributed by atoms with Crippen LogP contribution in [0.2, 0.25) is 5.15 Å². The summed E-state index contributed by atoms with van der Waals surface area (Å²) in [5.41, 5.74) is 4.30. The van der Waals surface area contributed by atoms with Gasteiger partial charge in [0, 0.05) is 0 Å². The molecule has 0 atom stereocenters. The van der Waals surface area contributed by atoms with Crippen LogP contribution in [0.5, 0.6) is 0 Å². The maximum absolute atomic E-state index is 11.0. The minimum absolute atomic E-state index is 0.260. The number of carbonyl (C=O) groups is 1. The highest BCUT2D eigenvalue weighted by Crippen LogP contribution is 2.13. The van der Waals surface area contributed by atoms with Crippen LogP contribution in [-0.2, 0) is 4.79 Å². The van der Waals surface area contributed by atoms with E-state index in [4.69, 9.17) is 17.3 Å². The summed E-state index contributed by atoms with van der Waals surface area (Å²) in [6.45, 7) is 3.30. The summed E-state index contributed by atoms with van der Waals surface area (Å²) in [5, 5.41) is 3.09. The molecular weight excluding hydrogens is 204 g/mol. The van der Waals surface area contributed by atoms with Crippen molar-refractivity contribution < 1.29 is 4.79 Å². The molecule has 1 aromatic rings. The lowest BCUT2D eigenvalue weighted by Gasteiger charge is -2.22. The minimum atomic E-state index is -0.876. The van der Waals surface area contributed by atoms with Crippen molar-refractivity contribution in [2.24, 2.45) is 5.73 Å². The maximum atomic E-state index is 11.0. The standard InChI is InChI=1S/C8H11ClN4O/c1-8(2,7(10)14)13-6-4-11-3-5(9)12-6/h3-4H,1-2H3,(H2,10,14)(H,12,13). The quantitative estimate of drug-likeness (QED) is 0.780. The van der Waals surface area contributed by atoms with E-state index in [0.29, 0.717) is 5.82 Å². The van der Waals surface area contributed by atoms with E-state index in [1.165, 1.54) is 12.4 Å². The summed E-state index contributed by atoms with van der Waals surface area (Å²) < 4.78 is 0. The number of hydrogen-bond acceptors (Lipinski definition) is 4. The molecule has 0 unspecified atom stereocenters. The Hall–Kier alpha value is -1.36. The van der Waals surface area contributed by atoms with Crippen LogP contribution in [0, 0.1) is 0 Å². The molecule has 0 radical (unpaired) electrons. The van der Waals surface area contributed by atoms with Crippen molar-refractivity contribution in [1.82, 2.24) is 9.97 Å². The van der Waals surface area contributed by atoms with Gasteiger partial charge in [-0.25, -0.2) is 4.98 Å². The van der Waals surface area contributed by atoms with E-state index < -0.39 is 11.4 Å². The van der Waals surface area contributed by atoms with Gasteiger partial charge in [-0.1, -0.05) is 11.6 Å². The minimum Gasteiger partial charge on any atom is -0.368 e. The number of nitrogens with one attached hydrogen (secondary N) is 1. The summed E-state index contributed by atoms with van der Waals surface area (Å²) in [6.07, 6.45) is 2.88. The van der Waals surface area contributed by atoms with Crippen LogP contribution in [-0.4, -0.2) is 21.4 Å². The van der Waals surface area contributed by atoms with Gasteiger partial charge in [-0.05, 0) is 13.8 Å². The summed E-state index contributed by atoms with van der Waals surface area (Å²) in [6, 6.07) is 0. The summed E-state index contributed by atoms with van der Waals surface area (Å²) >= 11 is 5.62. The van der Waals surface area contributed by atoms with Crippen LogP contribution < -0.4 is 11.1 Å². The zero-order valence-electron chi connectivity index (χ0n) is 7.91. The molecule has 0 spiro atoms. The zero-order chi connectivity index (χ0) is 10.8. The number of hydrogen-bond donors (Lipinski definition) is 2. The molecule has 0 aliphatic heterocycles. The Morgan fingerprint density at radius 1 is 1.57 bits per heavy atom. The fourth-order valence-electron chi connectivity index (χ4n) is 0.784. The van der Waals surface area contributed by atoms with Crippen LogP contribution in [0.25, 0.3) is 0 Å². The number of aromatic nitrogens is 2. The van der Waals surface area contributed by atoms with Gasteiger partial charge in [0.05, 0.1) is 12.4 Å². The first kappa shape index (κ1) is 10.7. The average molecular weight is 215 g/mol. The molecule has 76 valence electrons. The molecule has 0 aromatic carbocycles. The third-order valence-corrected chi connectivity index (χ3v) is 1.84. The van der Waals surface area contributed by atoms with Gasteiger partial charge < -0.3 is 11.1 Å². The van der Waals surface area contributed by atoms with Crippen LogP contribution in [0.4, 0.5) is 5.82 Å². The Labute approximate surface area is 86.7 Å². The van der Waals surface area contributed by atoms with E-state index in [2.05, 4.69) is 15.3 Å². The van der Waals surface area contributed by atoms with Crippen molar-refractivity contribution in [3.63, 3.8) is 0 Å². The largest absolute Gasteiger partial charge is 0.368 e. The first-order chi connectivity index (χ1) is 6.42. The molecule has 5 nitrogen and oxygen atoms in total. The molecule has 0 aliphatic carbocycles. The van der Waals surface area contributed by atoms with E-state index >= 15 is 0 Å². The number of anilines is 1. The van der Waals surface area contributed by atoms with E-state index in [1.54, 1.807) is 13.8 Å². The number of rotatable bonds is 3. The van der Waals surface area contributed by atoms with Gasteiger partial charge in [-0.15, -0.1) is 0 Å². The van der Waals surface area contributed by atoms with Gasteiger partial charge in [0.25, 0.3) is 0 Å². The van der Waals surface area contributed by atoms with Crippen LogP contribution in [0.3, 0.4) is 0 Å². The highest BCUT2D eigenvalue weighted by atomic mass is 35.5. The maximum Gasteiger partial charge on any atom is 0.242 e. The monoisotopic (exact) mass is 214 g/mol. The Morgan fingerprint density at radius 3 is 2.71 bits per heavy atom. The number of amides is 1. The first-order valence-electron chi connectivity index (χ1n) is 3.97. The number of nitrogens with two attached hydrogens (primary N) is 1. The molecule has 3 N–H and O–H groups in total. The highest BCUT2D eigenvalue weighted by Gasteiger charge is 2.24. The zero-order valence-corrected chi connectivity index (χ0v) is 8.67. The SMILES string of the molecule is CC(C)(Nc1cncc(Cl)n1)C(N)=O. The molecule has 1 aromatic heterocycles. The normalized spacial score (nSPS) is 11.1. The second-order valence-electron chi connectivity index (χ2n) is 3.34. The molecule has 1 heterocycles. The average Bonchev–Trinajstić information content (AvgIpc) is 2.02. The third kappa shape index (κ3) is 2.56. The second-order valence-corrected chi connectivity index (χ2v) is 3.73. The highest BCUT2D eigenvalue weighted by molar-refractivity contribution is 6.29. The van der Waals surface area contributed by atoms with Gasteiger partial charge in [-0.2, -0.15) is 0 Å². The van der Waals surface area contributed by atoms with E-state index in [0.717, 1.165) is 0 Å². The lowest BCUT2D eigenvalue weighted by atomic mass is 10.1. The van der Waals surface area contributed by atoms with Gasteiger partial charge in [-0.3, -0.25) is 9.78 Å². The van der Waals surface area contributed by atoms with Gasteiger partial charge in [0.15, 0.2) is 0 Å². The molecule has 6 heteroatoms. The molecule has 0 saturated heterocycles. The first-order valence-corrected chi connectivity index (χ1v) is 4.35. The molecule has 0 bridgehead atoms. The van der Waals surface area contributed by atoms with E-state index in [-0.39, 0.29) is 5.15 Å². The van der Waals surface area contributed by atoms with Crippen LogP contribution in [0.1, 0.15) is 13.8 Å². The molecule has 0 fully saturated rings. The second kappa shape index (κ2) is 3.79. The van der Waals surface area contributed by atoms with Crippen LogP contribution >= 0.6 is 11.6 Å². The van der Waals surface area contributed by atoms with Crippen LogP contribution in [0.15, 0.2) is 12.4 Å². The number of carbonyl (C=O) groups excluding carboxylic acids is 1. The Kier molecular flexibility index (Phi) is 2.90. The number of nitrogens with zero attached hydrogens (tertiary/aromatic N) is 2. The van der Waals surface area contributed by atoms with Crippen molar-refractivity contribution in [3.05, 3.63) is 17.5 Å². The molecular formula is C8H11ClN4O. The number of halogens is 1. The predicted octanol–water partition coefficient (Wildman–Crippen LogP) is 0.806. The van der Waals surface area contributed by atoms with Gasteiger partial charge in [0.1, 0.15) is 16.5 Å². The van der Waals surface area contributed by atoms with E-state index in [1.807, 2.05) is 0 Å². The fraction of sp³-hybridized carbons (Fsp3) is 0.375. The van der Waals surface area contributed by atoms with Crippen molar-refractivity contribution in [2.45, 2.75) is 19.4 Å². The Morgan fingerprint density at radius 2 is 2.21 bits per heavy atom. The molecule has 1 amide bonds. The van der Waals surface area contributed by atoms with Crippen molar-refractivity contribution in [2.75, 3.05) is 5.32 Å². The van der Waals surface area contributed by atoms with Crippen molar-refractivity contribution >= 4 is 23.3 Å². The predicted molar refractivity (Wildman–Crippen MR) is 53.9 cm³/mol. The molecule has 0 saturated carbocycles. The fourth-order valence-corrected chi connectivity index (χ4v) is 0.932. The van der Waals surface area contributed by atoms with E-state index in [9.17, 15) is 4.79 Å². The third-order valence-electron chi connectivity index (χ3n) is 1.66. The summed E-state index contributed by atoms with van der Waals surface area (Å²) in [7, 11) is 0. The summed E-state index contributed by atoms with van der Waals surface area (Å²) in [4.78, 5) is 18.7. The van der Waals surface area contributed by atoms with Crippen molar-refractivity contribution in [1.29, 1.82) is 0 Å².